The van der Waals surface area contributed by atoms with Gasteiger partial charge in [0.2, 0.25) is 0 Å². The molecule has 3 rings (SSSR count). The van der Waals surface area contributed by atoms with E-state index in [1.165, 1.54) is 5.56 Å². The SMILES string of the molecule is CCC(C(=O)O)n1c(/C=C/c2ccc(C)cc2)nc2ccccc21. The summed E-state index contributed by atoms with van der Waals surface area (Å²) < 4.78 is 1.81. The van der Waals surface area contributed by atoms with Crippen molar-refractivity contribution in [2.75, 3.05) is 0 Å². The second-order valence-corrected chi connectivity index (χ2v) is 5.84. The highest BCUT2D eigenvalue weighted by Gasteiger charge is 2.22. The number of benzene rings is 2. The molecule has 1 unspecified atom stereocenters. The average Bonchev–Trinajstić information content (AvgIpc) is 2.93. The van der Waals surface area contributed by atoms with Crippen LogP contribution in [0.1, 0.15) is 36.3 Å². The molecule has 24 heavy (non-hydrogen) atoms. The van der Waals surface area contributed by atoms with Crippen molar-refractivity contribution in [2.24, 2.45) is 0 Å². The minimum Gasteiger partial charge on any atom is -0.480 e. The van der Waals surface area contributed by atoms with Crippen molar-refractivity contribution < 1.29 is 9.90 Å². The molecule has 0 aliphatic heterocycles. The van der Waals surface area contributed by atoms with Crippen molar-refractivity contribution in [3.8, 4) is 0 Å². The monoisotopic (exact) mass is 320 g/mol. The Balaban J connectivity index is 2.09. The third-order valence-corrected chi connectivity index (χ3v) is 4.11. The fourth-order valence-electron chi connectivity index (χ4n) is 2.82. The van der Waals surface area contributed by atoms with Gasteiger partial charge in [-0.05, 0) is 37.1 Å². The van der Waals surface area contributed by atoms with E-state index < -0.39 is 12.0 Å². The summed E-state index contributed by atoms with van der Waals surface area (Å²) in [6, 6.07) is 15.2. The minimum atomic E-state index is -0.842. The molecule has 0 saturated carbocycles. The molecule has 0 spiro atoms. The number of aryl methyl sites for hydroxylation is 1. The maximum atomic E-state index is 11.7. The molecule has 0 aliphatic rings. The van der Waals surface area contributed by atoms with Crippen LogP contribution in [-0.2, 0) is 4.79 Å². The van der Waals surface area contributed by atoms with Gasteiger partial charge in [0.1, 0.15) is 11.9 Å². The lowest BCUT2D eigenvalue weighted by molar-refractivity contribution is -0.140. The number of para-hydroxylation sites is 2. The van der Waals surface area contributed by atoms with Gasteiger partial charge in [-0.15, -0.1) is 0 Å². The molecule has 1 atom stereocenters. The number of carboxylic acids is 1. The zero-order chi connectivity index (χ0) is 17.1. The maximum absolute atomic E-state index is 11.7. The van der Waals surface area contributed by atoms with Crippen molar-refractivity contribution >= 4 is 29.2 Å². The highest BCUT2D eigenvalue weighted by atomic mass is 16.4. The van der Waals surface area contributed by atoms with Gasteiger partial charge in [0.05, 0.1) is 11.0 Å². The van der Waals surface area contributed by atoms with E-state index in [2.05, 4.69) is 17.1 Å². The molecule has 1 aromatic heterocycles. The lowest BCUT2D eigenvalue weighted by atomic mass is 10.1. The van der Waals surface area contributed by atoms with E-state index in [0.29, 0.717) is 12.2 Å². The number of imidazole rings is 1. The first-order chi connectivity index (χ1) is 11.6. The molecule has 0 amide bonds. The smallest absolute Gasteiger partial charge is 0.326 e. The van der Waals surface area contributed by atoms with E-state index in [1.807, 2.05) is 67.0 Å². The Morgan fingerprint density at radius 3 is 2.54 bits per heavy atom. The molecular formula is C20H20N2O2. The molecule has 1 heterocycles. The first-order valence-corrected chi connectivity index (χ1v) is 8.04. The Hall–Kier alpha value is -2.88. The van der Waals surface area contributed by atoms with E-state index >= 15 is 0 Å². The Morgan fingerprint density at radius 2 is 1.88 bits per heavy atom. The summed E-state index contributed by atoms with van der Waals surface area (Å²) in [6.07, 6.45) is 4.35. The molecule has 2 aromatic carbocycles. The van der Waals surface area contributed by atoms with Crippen molar-refractivity contribution in [2.45, 2.75) is 26.3 Å². The van der Waals surface area contributed by atoms with Gasteiger partial charge >= 0.3 is 5.97 Å². The molecule has 4 heteroatoms. The van der Waals surface area contributed by atoms with Crippen molar-refractivity contribution in [3.63, 3.8) is 0 Å². The van der Waals surface area contributed by atoms with Crippen LogP contribution in [0.2, 0.25) is 0 Å². The van der Waals surface area contributed by atoms with Crippen LogP contribution in [0.5, 0.6) is 0 Å². The third-order valence-electron chi connectivity index (χ3n) is 4.11. The molecule has 3 aromatic rings. The van der Waals surface area contributed by atoms with Gasteiger partial charge in [-0.1, -0.05) is 55.0 Å². The third kappa shape index (κ3) is 3.08. The number of hydrogen-bond donors (Lipinski definition) is 1. The van der Waals surface area contributed by atoms with Gasteiger partial charge in [0, 0.05) is 0 Å². The van der Waals surface area contributed by atoms with Crippen LogP contribution in [0.25, 0.3) is 23.2 Å². The largest absolute Gasteiger partial charge is 0.480 e. The molecule has 0 aliphatic carbocycles. The summed E-state index contributed by atoms with van der Waals surface area (Å²) in [5.41, 5.74) is 3.91. The number of hydrogen-bond acceptors (Lipinski definition) is 2. The Kier molecular flexibility index (Phi) is 4.47. The number of nitrogens with zero attached hydrogens (tertiary/aromatic N) is 2. The van der Waals surface area contributed by atoms with Gasteiger partial charge in [-0.25, -0.2) is 9.78 Å². The normalized spacial score (nSPS) is 12.8. The molecule has 0 bridgehead atoms. The molecule has 4 nitrogen and oxygen atoms in total. The zero-order valence-corrected chi connectivity index (χ0v) is 13.8. The van der Waals surface area contributed by atoms with Gasteiger partial charge in [0.15, 0.2) is 0 Å². The van der Waals surface area contributed by atoms with Crippen LogP contribution in [0, 0.1) is 6.92 Å². The second kappa shape index (κ2) is 6.71. The number of carbonyl (C=O) groups is 1. The maximum Gasteiger partial charge on any atom is 0.326 e. The Morgan fingerprint density at radius 1 is 1.17 bits per heavy atom. The molecular weight excluding hydrogens is 300 g/mol. The summed E-state index contributed by atoms with van der Waals surface area (Å²) in [7, 11) is 0. The van der Waals surface area contributed by atoms with Crippen molar-refractivity contribution in [1.29, 1.82) is 0 Å². The standard InChI is InChI=1S/C20H20N2O2/c1-3-17(20(23)24)22-18-7-5-4-6-16(18)21-19(22)13-12-15-10-8-14(2)9-11-15/h4-13,17H,3H2,1-2H3,(H,23,24)/b13-12+. The zero-order valence-electron chi connectivity index (χ0n) is 13.8. The predicted molar refractivity (Wildman–Crippen MR) is 96.8 cm³/mol. The second-order valence-electron chi connectivity index (χ2n) is 5.84. The lowest BCUT2D eigenvalue weighted by Gasteiger charge is -2.15. The van der Waals surface area contributed by atoms with Crippen LogP contribution in [0.3, 0.4) is 0 Å². The molecule has 0 radical (unpaired) electrons. The number of fused-ring (bicyclic) bond motifs is 1. The molecule has 0 saturated heterocycles. The van der Waals surface area contributed by atoms with Gasteiger partial charge in [-0.3, -0.25) is 0 Å². The van der Waals surface area contributed by atoms with E-state index in [1.54, 1.807) is 0 Å². The first kappa shape index (κ1) is 16.0. The fraction of sp³-hybridized carbons (Fsp3) is 0.200. The Labute approximate surface area is 141 Å². The van der Waals surface area contributed by atoms with E-state index in [4.69, 9.17) is 0 Å². The van der Waals surface area contributed by atoms with E-state index in [9.17, 15) is 9.90 Å². The van der Waals surface area contributed by atoms with Crippen LogP contribution in [-0.4, -0.2) is 20.6 Å². The number of carboxylic acid groups (broad SMARTS) is 1. The van der Waals surface area contributed by atoms with Gasteiger partial charge in [-0.2, -0.15) is 0 Å². The molecule has 0 fully saturated rings. The summed E-state index contributed by atoms with van der Waals surface area (Å²) >= 11 is 0. The average molecular weight is 320 g/mol. The van der Waals surface area contributed by atoms with Crippen LogP contribution < -0.4 is 0 Å². The van der Waals surface area contributed by atoms with Crippen LogP contribution >= 0.6 is 0 Å². The van der Waals surface area contributed by atoms with Crippen LogP contribution in [0.15, 0.2) is 48.5 Å². The van der Waals surface area contributed by atoms with Crippen LogP contribution in [0.4, 0.5) is 0 Å². The molecule has 122 valence electrons. The highest BCUT2D eigenvalue weighted by Crippen LogP contribution is 2.25. The number of aliphatic carboxylic acids is 1. The number of aromatic nitrogens is 2. The van der Waals surface area contributed by atoms with Crippen molar-refractivity contribution in [3.05, 3.63) is 65.5 Å². The summed E-state index contributed by atoms with van der Waals surface area (Å²) in [4.78, 5) is 16.3. The number of rotatable bonds is 5. The summed E-state index contributed by atoms with van der Waals surface area (Å²) in [6.45, 7) is 3.92. The van der Waals surface area contributed by atoms with Gasteiger partial charge in [0.25, 0.3) is 0 Å². The Bertz CT molecular complexity index is 892. The highest BCUT2D eigenvalue weighted by molar-refractivity contribution is 5.83. The van der Waals surface area contributed by atoms with Gasteiger partial charge < -0.3 is 9.67 Å². The first-order valence-electron chi connectivity index (χ1n) is 8.04. The predicted octanol–water partition coefficient (Wildman–Crippen LogP) is 4.55. The lowest BCUT2D eigenvalue weighted by Crippen LogP contribution is -2.19. The minimum absolute atomic E-state index is 0.501. The fourth-order valence-corrected chi connectivity index (χ4v) is 2.82. The van der Waals surface area contributed by atoms with E-state index in [-0.39, 0.29) is 0 Å². The van der Waals surface area contributed by atoms with Crippen molar-refractivity contribution in [1.82, 2.24) is 9.55 Å². The molecule has 1 N–H and O–H groups in total. The van der Waals surface area contributed by atoms with E-state index in [0.717, 1.165) is 16.6 Å². The quantitative estimate of drug-likeness (QED) is 0.750. The summed E-state index contributed by atoms with van der Waals surface area (Å²) in [5.74, 6) is -0.184. The summed E-state index contributed by atoms with van der Waals surface area (Å²) in [5, 5.41) is 9.57. The topological polar surface area (TPSA) is 55.1 Å².